The molecule has 2 fully saturated rings. The van der Waals surface area contributed by atoms with E-state index in [1.807, 2.05) is 10.3 Å². The van der Waals surface area contributed by atoms with Crippen LogP contribution in [0, 0.1) is 0 Å². The van der Waals surface area contributed by atoms with Gasteiger partial charge in [-0.05, 0) is 24.8 Å². The van der Waals surface area contributed by atoms with Gasteiger partial charge in [0.1, 0.15) is 11.4 Å². The van der Waals surface area contributed by atoms with Gasteiger partial charge in [0.2, 0.25) is 5.91 Å². The van der Waals surface area contributed by atoms with Crippen molar-refractivity contribution >= 4 is 23.2 Å². The average Bonchev–Trinajstić information content (AvgIpc) is 3.40. The van der Waals surface area contributed by atoms with E-state index in [0.717, 1.165) is 54.4 Å². The fourth-order valence-electron chi connectivity index (χ4n) is 5.17. The number of aromatic nitrogens is 1. The van der Waals surface area contributed by atoms with Crippen molar-refractivity contribution < 1.29 is 23.8 Å². The molecule has 2 N–H and O–H groups in total. The number of piperidine rings is 1. The van der Waals surface area contributed by atoms with E-state index in [2.05, 4.69) is 41.9 Å². The second-order valence-corrected chi connectivity index (χ2v) is 11.3. The Kier molecular flexibility index (Phi) is 9.75. The van der Waals surface area contributed by atoms with Crippen LogP contribution in [0.25, 0.3) is 0 Å². The van der Waals surface area contributed by atoms with Crippen molar-refractivity contribution in [3.05, 3.63) is 45.4 Å². The van der Waals surface area contributed by atoms with E-state index in [1.165, 1.54) is 0 Å². The van der Waals surface area contributed by atoms with Crippen molar-refractivity contribution in [2.45, 2.75) is 57.6 Å². The van der Waals surface area contributed by atoms with Gasteiger partial charge in [-0.1, -0.05) is 32.0 Å². The maximum atomic E-state index is 13.2. The third-order valence-electron chi connectivity index (χ3n) is 7.32. The number of carbonyl (C=O) groups is 2. The summed E-state index contributed by atoms with van der Waals surface area (Å²) in [6.07, 6.45) is 2.68. The highest BCUT2D eigenvalue weighted by atomic mass is 32.1. The van der Waals surface area contributed by atoms with Gasteiger partial charge in [-0.25, -0.2) is 4.98 Å². The lowest BCUT2D eigenvalue weighted by Gasteiger charge is -2.47. The molecule has 10 heteroatoms. The van der Waals surface area contributed by atoms with E-state index < -0.39 is 0 Å². The van der Waals surface area contributed by atoms with E-state index in [-0.39, 0.29) is 23.8 Å². The summed E-state index contributed by atoms with van der Waals surface area (Å²) in [6.45, 7) is 9.38. The molecule has 2 aromatic rings. The minimum atomic E-state index is -0.356. The number of amides is 2. The fraction of sp³-hybridized carbons (Fsp3) is 0.607. The molecule has 2 saturated heterocycles. The van der Waals surface area contributed by atoms with Gasteiger partial charge in [-0.3, -0.25) is 14.5 Å². The Labute approximate surface area is 229 Å². The number of carbonyl (C=O) groups excluding carboxylic acids is 2. The SMILES string of the molecule is COc1c(CCOCCC(N)=O)cccc1CN1CCC2(CC1)CN(C(=O)c1csc(C(C)C)n1)CCO2. The summed E-state index contributed by atoms with van der Waals surface area (Å²) in [5.41, 5.74) is 7.66. The number of nitrogens with zero attached hydrogens (tertiary/aromatic N) is 3. The molecule has 1 spiro atoms. The number of hydrogen-bond acceptors (Lipinski definition) is 8. The largest absolute Gasteiger partial charge is 0.496 e. The Morgan fingerprint density at radius 3 is 2.63 bits per heavy atom. The Bertz CT molecular complexity index is 1100. The average molecular weight is 545 g/mol. The molecule has 0 bridgehead atoms. The van der Waals surface area contributed by atoms with Gasteiger partial charge in [-0.15, -0.1) is 11.3 Å². The van der Waals surface area contributed by atoms with Gasteiger partial charge in [-0.2, -0.15) is 0 Å². The first-order valence-corrected chi connectivity index (χ1v) is 14.3. The molecule has 38 heavy (non-hydrogen) atoms. The molecule has 0 atom stereocenters. The lowest BCUT2D eigenvalue weighted by molar-refractivity contribution is -0.128. The number of morpholine rings is 1. The summed E-state index contributed by atoms with van der Waals surface area (Å²) in [5.74, 6) is 0.868. The zero-order valence-corrected chi connectivity index (χ0v) is 23.6. The Balaban J connectivity index is 1.31. The number of thiazole rings is 1. The third-order valence-corrected chi connectivity index (χ3v) is 8.47. The highest BCUT2D eigenvalue weighted by molar-refractivity contribution is 7.09. The number of ether oxygens (including phenoxy) is 3. The number of likely N-dealkylation sites (tertiary alicyclic amines) is 1. The van der Waals surface area contributed by atoms with Crippen molar-refractivity contribution in [1.29, 1.82) is 0 Å². The molecule has 9 nitrogen and oxygen atoms in total. The number of para-hydroxylation sites is 1. The number of methoxy groups -OCH3 is 1. The number of hydrogen-bond donors (Lipinski definition) is 1. The van der Waals surface area contributed by atoms with Gasteiger partial charge < -0.3 is 24.8 Å². The van der Waals surface area contributed by atoms with Crippen LogP contribution in [0.5, 0.6) is 5.75 Å². The second-order valence-electron chi connectivity index (χ2n) is 10.4. The molecule has 1 aromatic carbocycles. The van der Waals surface area contributed by atoms with Gasteiger partial charge in [0.05, 0.1) is 44.1 Å². The molecule has 0 saturated carbocycles. The first kappa shape index (κ1) is 28.5. The maximum Gasteiger partial charge on any atom is 0.273 e. The van der Waals surface area contributed by atoms with Crippen LogP contribution < -0.4 is 10.5 Å². The molecule has 0 radical (unpaired) electrons. The number of benzene rings is 1. The molecule has 208 valence electrons. The minimum Gasteiger partial charge on any atom is -0.496 e. The maximum absolute atomic E-state index is 13.2. The highest BCUT2D eigenvalue weighted by Gasteiger charge is 2.41. The first-order chi connectivity index (χ1) is 18.3. The quantitative estimate of drug-likeness (QED) is 0.433. The predicted octanol–water partition coefficient (Wildman–Crippen LogP) is 3.22. The van der Waals surface area contributed by atoms with Gasteiger partial charge >= 0.3 is 0 Å². The van der Waals surface area contributed by atoms with Crippen LogP contribution in [0.2, 0.25) is 0 Å². The molecule has 3 heterocycles. The van der Waals surface area contributed by atoms with Crippen LogP contribution in [0.4, 0.5) is 0 Å². The van der Waals surface area contributed by atoms with E-state index in [1.54, 1.807) is 18.4 Å². The Hall–Kier alpha value is -2.53. The highest BCUT2D eigenvalue weighted by Crippen LogP contribution is 2.33. The summed E-state index contributed by atoms with van der Waals surface area (Å²) >= 11 is 1.56. The van der Waals surface area contributed by atoms with Gasteiger partial charge in [0, 0.05) is 49.5 Å². The second kappa shape index (κ2) is 13.0. The van der Waals surface area contributed by atoms with Crippen LogP contribution in [-0.4, -0.2) is 85.3 Å². The lowest BCUT2D eigenvalue weighted by atomic mass is 9.89. The predicted molar refractivity (Wildman–Crippen MR) is 147 cm³/mol. The summed E-state index contributed by atoms with van der Waals surface area (Å²) in [6, 6.07) is 6.22. The monoisotopic (exact) mass is 544 g/mol. The molecule has 2 aliphatic heterocycles. The van der Waals surface area contributed by atoms with Crippen molar-refractivity contribution in [3.63, 3.8) is 0 Å². The minimum absolute atomic E-state index is 0.0124. The zero-order chi connectivity index (χ0) is 27.1. The summed E-state index contributed by atoms with van der Waals surface area (Å²) < 4.78 is 17.6. The molecule has 1 aromatic heterocycles. The van der Waals surface area contributed by atoms with E-state index in [0.29, 0.717) is 50.9 Å². The van der Waals surface area contributed by atoms with Crippen molar-refractivity contribution in [1.82, 2.24) is 14.8 Å². The summed E-state index contributed by atoms with van der Waals surface area (Å²) in [7, 11) is 1.70. The lowest BCUT2D eigenvalue weighted by Crippen LogP contribution is -2.58. The Morgan fingerprint density at radius 1 is 1.18 bits per heavy atom. The molecule has 2 aliphatic rings. The van der Waals surface area contributed by atoms with Crippen LogP contribution >= 0.6 is 11.3 Å². The molecular weight excluding hydrogens is 504 g/mol. The smallest absolute Gasteiger partial charge is 0.273 e. The standard InChI is InChI=1S/C28H40N4O5S/c1-20(2)26-30-23(18-38-26)27(34)32-13-16-37-28(19-32)9-11-31(12-10-28)17-22-6-4-5-21(25(22)35-3)7-14-36-15-8-24(29)33/h4-6,18,20H,7-17,19H2,1-3H3,(H2,29,33). The van der Waals surface area contributed by atoms with Crippen molar-refractivity contribution in [2.24, 2.45) is 5.73 Å². The molecule has 0 unspecified atom stereocenters. The van der Waals surface area contributed by atoms with Crippen LogP contribution in [0.1, 0.15) is 65.7 Å². The molecular formula is C28H40N4O5S. The molecule has 4 rings (SSSR count). The molecule has 2 amide bonds. The van der Waals surface area contributed by atoms with Gasteiger partial charge in [0.25, 0.3) is 5.91 Å². The van der Waals surface area contributed by atoms with E-state index in [4.69, 9.17) is 19.9 Å². The number of rotatable bonds is 11. The van der Waals surface area contributed by atoms with Gasteiger partial charge in [0.15, 0.2) is 0 Å². The number of nitrogens with two attached hydrogens (primary N) is 1. The third kappa shape index (κ3) is 7.11. The number of primary amides is 1. The van der Waals surface area contributed by atoms with E-state index in [9.17, 15) is 9.59 Å². The van der Waals surface area contributed by atoms with Crippen molar-refractivity contribution in [2.75, 3.05) is 53.1 Å². The Morgan fingerprint density at radius 2 is 1.95 bits per heavy atom. The molecule has 0 aliphatic carbocycles. The fourth-order valence-corrected chi connectivity index (χ4v) is 5.98. The topological polar surface area (TPSA) is 107 Å². The van der Waals surface area contributed by atoms with Crippen molar-refractivity contribution in [3.8, 4) is 5.75 Å². The normalized spacial score (nSPS) is 17.7. The van der Waals surface area contributed by atoms with E-state index >= 15 is 0 Å². The summed E-state index contributed by atoms with van der Waals surface area (Å²) in [5, 5.41) is 2.89. The summed E-state index contributed by atoms with van der Waals surface area (Å²) in [4.78, 5) is 33.0. The van der Waals surface area contributed by atoms with Crippen LogP contribution in [0.3, 0.4) is 0 Å². The van der Waals surface area contributed by atoms with Crippen LogP contribution in [-0.2, 0) is 27.2 Å². The van der Waals surface area contributed by atoms with Crippen LogP contribution in [0.15, 0.2) is 23.6 Å². The first-order valence-electron chi connectivity index (χ1n) is 13.4. The zero-order valence-electron chi connectivity index (χ0n) is 22.7.